The molecule has 1 aromatic carbocycles. The maximum Gasteiger partial charge on any atom is 0.237 e. The summed E-state index contributed by atoms with van der Waals surface area (Å²) in [6, 6.07) is 9.06. The van der Waals surface area contributed by atoms with Crippen LogP contribution in [0.15, 0.2) is 46.2 Å². The van der Waals surface area contributed by atoms with Crippen LogP contribution in [0, 0.1) is 6.92 Å². The van der Waals surface area contributed by atoms with Crippen LogP contribution < -0.4 is 5.32 Å². The third-order valence-corrected chi connectivity index (χ3v) is 5.20. The van der Waals surface area contributed by atoms with Gasteiger partial charge >= 0.3 is 0 Å². The Morgan fingerprint density at radius 3 is 2.88 bits per heavy atom. The van der Waals surface area contributed by atoms with E-state index in [9.17, 15) is 4.79 Å². The van der Waals surface area contributed by atoms with Gasteiger partial charge in [-0.05, 0) is 50.6 Å². The van der Waals surface area contributed by atoms with E-state index >= 15 is 0 Å². The van der Waals surface area contributed by atoms with Crippen LogP contribution in [-0.2, 0) is 11.3 Å². The van der Waals surface area contributed by atoms with E-state index in [1.165, 1.54) is 11.8 Å². The Bertz CT molecular complexity index is 908. The molecule has 1 amide bonds. The number of thioether (sulfide) groups is 1. The van der Waals surface area contributed by atoms with Crippen molar-refractivity contribution in [3.05, 3.63) is 47.2 Å². The highest BCUT2D eigenvalue weighted by Gasteiger charge is 2.21. The Morgan fingerprint density at radius 2 is 2.19 bits per heavy atom. The molecule has 0 saturated heterocycles. The lowest BCUT2D eigenvalue weighted by Gasteiger charge is -2.14. The summed E-state index contributed by atoms with van der Waals surface area (Å²) in [5.74, 6) is 1.18. The number of aromatic nitrogens is 3. The summed E-state index contributed by atoms with van der Waals surface area (Å²) in [5.41, 5.74) is 1.67. The fourth-order valence-electron chi connectivity index (χ4n) is 2.42. The minimum absolute atomic E-state index is 0.120. The molecule has 1 N–H and O–H groups in total. The molecule has 1 unspecified atom stereocenters. The minimum atomic E-state index is -0.354. The molecule has 6 nitrogen and oxygen atoms in total. The Labute approximate surface area is 160 Å². The number of halogens is 1. The van der Waals surface area contributed by atoms with Crippen LogP contribution in [0.5, 0.6) is 0 Å². The highest BCUT2D eigenvalue weighted by atomic mass is 35.5. The molecule has 0 spiro atoms. The molecule has 0 bridgehead atoms. The summed E-state index contributed by atoms with van der Waals surface area (Å²) < 4.78 is 7.34. The summed E-state index contributed by atoms with van der Waals surface area (Å²) in [5, 5.41) is 12.2. The third-order valence-electron chi connectivity index (χ3n) is 3.88. The lowest BCUT2D eigenvalue weighted by Crippen LogP contribution is -2.23. The van der Waals surface area contributed by atoms with Crippen LogP contribution in [-0.4, -0.2) is 25.9 Å². The normalized spacial score (nSPS) is 12.2. The number of hydrogen-bond acceptors (Lipinski definition) is 5. The average Bonchev–Trinajstić information content (AvgIpc) is 3.27. The second-order valence-electron chi connectivity index (χ2n) is 5.74. The first-order valence-electron chi connectivity index (χ1n) is 8.20. The van der Waals surface area contributed by atoms with Gasteiger partial charge in [0.2, 0.25) is 5.91 Å². The Balaban J connectivity index is 1.74. The van der Waals surface area contributed by atoms with Gasteiger partial charge in [-0.2, -0.15) is 0 Å². The maximum atomic E-state index is 12.6. The number of amides is 1. The number of nitrogens with zero attached hydrogens (tertiary/aromatic N) is 3. The van der Waals surface area contributed by atoms with E-state index in [0.717, 1.165) is 5.56 Å². The molecule has 1 atom stereocenters. The van der Waals surface area contributed by atoms with Crippen LogP contribution in [0.1, 0.15) is 19.4 Å². The molecule has 3 aromatic rings. The fraction of sp³-hybridized carbons (Fsp3) is 0.278. The first kappa shape index (κ1) is 18.5. The van der Waals surface area contributed by atoms with E-state index < -0.39 is 0 Å². The second kappa shape index (κ2) is 7.97. The number of carbonyl (C=O) groups excluding carboxylic acids is 1. The minimum Gasteiger partial charge on any atom is -0.461 e. The molecule has 26 heavy (non-hydrogen) atoms. The molecule has 0 aliphatic rings. The van der Waals surface area contributed by atoms with Gasteiger partial charge in [-0.15, -0.1) is 10.2 Å². The number of nitrogens with one attached hydrogen (secondary N) is 1. The fourth-order valence-corrected chi connectivity index (χ4v) is 3.51. The summed E-state index contributed by atoms with van der Waals surface area (Å²) >= 11 is 7.37. The van der Waals surface area contributed by atoms with E-state index in [1.54, 1.807) is 24.5 Å². The zero-order valence-electron chi connectivity index (χ0n) is 14.7. The van der Waals surface area contributed by atoms with Crippen molar-refractivity contribution in [2.75, 3.05) is 5.32 Å². The molecule has 2 aromatic heterocycles. The van der Waals surface area contributed by atoms with Crippen molar-refractivity contribution in [3.63, 3.8) is 0 Å². The van der Waals surface area contributed by atoms with Gasteiger partial charge in [-0.25, -0.2) is 0 Å². The van der Waals surface area contributed by atoms with Crippen molar-refractivity contribution >= 4 is 35.0 Å². The standard InChI is InChI=1S/C18H19ClN4O2S/c1-4-23-16(15-6-5-9-25-15)21-22-18(23)26-12(3)17(24)20-14-10-13(19)8-7-11(14)2/h5-10,12H,4H2,1-3H3,(H,20,24). The predicted molar refractivity (Wildman–Crippen MR) is 104 cm³/mol. The van der Waals surface area contributed by atoms with Gasteiger partial charge in [0.15, 0.2) is 16.7 Å². The molecule has 136 valence electrons. The first-order valence-corrected chi connectivity index (χ1v) is 9.46. The Hall–Kier alpha value is -2.25. The van der Waals surface area contributed by atoms with Crippen molar-refractivity contribution < 1.29 is 9.21 Å². The lowest BCUT2D eigenvalue weighted by atomic mass is 10.2. The zero-order chi connectivity index (χ0) is 18.7. The number of furan rings is 1. The van der Waals surface area contributed by atoms with Crippen LogP contribution in [0.3, 0.4) is 0 Å². The monoisotopic (exact) mass is 390 g/mol. The lowest BCUT2D eigenvalue weighted by molar-refractivity contribution is -0.115. The van der Waals surface area contributed by atoms with Gasteiger partial charge in [0, 0.05) is 17.3 Å². The van der Waals surface area contributed by atoms with Crippen molar-refractivity contribution in [1.82, 2.24) is 14.8 Å². The molecule has 0 aliphatic heterocycles. The molecule has 8 heteroatoms. The van der Waals surface area contributed by atoms with Crippen molar-refractivity contribution in [1.29, 1.82) is 0 Å². The molecule has 3 rings (SSSR count). The number of rotatable bonds is 6. The van der Waals surface area contributed by atoms with Crippen LogP contribution in [0.25, 0.3) is 11.6 Å². The van der Waals surface area contributed by atoms with Gasteiger partial charge in [0.1, 0.15) is 0 Å². The van der Waals surface area contributed by atoms with E-state index in [-0.39, 0.29) is 11.2 Å². The largest absolute Gasteiger partial charge is 0.461 e. The predicted octanol–water partition coefficient (Wildman–Crippen LogP) is 4.64. The van der Waals surface area contributed by atoms with Crippen LogP contribution in [0.2, 0.25) is 5.02 Å². The Morgan fingerprint density at radius 1 is 1.38 bits per heavy atom. The van der Waals surface area contributed by atoms with Gasteiger partial charge in [0.25, 0.3) is 0 Å². The number of hydrogen-bond donors (Lipinski definition) is 1. The zero-order valence-corrected chi connectivity index (χ0v) is 16.3. The first-order chi connectivity index (χ1) is 12.5. The van der Waals surface area contributed by atoms with Gasteiger partial charge in [-0.1, -0.05) is 29.4 Å². The Kier molecular flexibility index (Phi) is 5.68. The molecular formula is C18H19ClN4O2S. The topological polar surface area (TPSA) is 73.0 Å². The smallest absolute Gasteiger partial charge is 0.237 e. The van der Waals surface area contributed by atoms with Crippen LogP contribution >= 0.6 is 23.4 Å². The van der Waals surface area contributed by atoms with Crippen LogP contribution in [0.4, 0.5) is 5.69 Å². The summed E-state index contributed by atoms with van der Waals surface area (Å²) in [7, 11) is 0. The molecule has 0 radical (unpaired) electrons. The molecular weight excluding hydrogens is 372 g/mol. The van der Waals surface area contributed by atoms with Crippen molar-refractivity contribution in [2.24, 2.45) is 0 Å². The van der Waals surface area contributed by atoms with E-state index in [2.05, 4.69) is 15.5 Å². The molecule has 2 heterocycles. The SMILES string of the molecule is CCn1c(SC(C)C(=O)Nc2cc(Cl)ccc2C)nnc1-c1ccco1. The number of benzene rings is 1. The summed E-state index contributed by atoms with van der Waals surface area (Å²) in [6.45, 7) is 6.43. The van der Waals surface area contributed by atoms with Crippen molar-refractivity contribution in [2.45, 2.75) is 37.7 Å². The average molecular weight is 391 g/mol. The number of aryl methyl sites for hydroxylation is 1. The molecule has 0 fully saturated rings. The number of anilines is 1. The molecule has 0 aliphatic carbocycles. The van der Waals surface area contributed by atoms with E-state index in [4.69, 9.17) is 16.0 Å². The maximum absolute atomic E-state index is 12.6. The van der Waals surface area contributed by atoms with Crippen molar-refractivity contribution in [3.8, 4) is 11.6 Å². The summed E-state index contributed by atoms with van der Waals surface area (Å²) in [4.78, 5) is 12.6. The van der Waals surface area contributed by atoms with Gasteiger partial charge in [-0.3, -0.25) is 9.36 Å². The highest BCUT2D eigenvalue weighted by molar-refractivity contribution is 8.00. The molecule has 0 saturated carbocycles. The van der Waals surface area contributed by atoms with E-state index in [0.29, 0.717) is 34.0 Å². The second-order valence-corrected chi connectivity index (χ2v) is 7.48. The summed E-state index contributed by atoms with van der Waals surface area (Å²) in [6.07, 6.45) is 1.60. The third kappa shape index (κ3) is 3.94. The highest BCUT2D eigenvalue weighted by Crippen LogP contribution is 2.28. The quantitative estimate of drug-likeness (QED) is 0.620. The van der Waals surface area contributed by atoms with Gasteiger partial charge < -0.3 is 9.73 Å². The van der Waals surface area contributed by atoms with E-state index in [1.807, 2.05) is 37.5 Å². The number of carbonyl (C=O) groups is 1. The van der Waals surface area contributed by atoms with Gasteiger partial charge in [0.05, 0.1) is 11.5 Å².